The van der Waals surface area contributed by atoms with Crippen molar-refractivity contribution >= 4 is 11.6 Å². The van der Waals surface area contributed by atoms with Gasteiger partial charge in [0.05, 0.1) is 6.54 Å². The largest absolute Gasteiger partial charge is 0.332 e. The molecule has 0 unspecified atom stereocenters. The topological polar surface area (TPSA) is 71.6 Å². The Labute approximate surface area is 155 Å². The molecule has 1 amide bonds. The molecule has 136 valence electrons. The molecule has 1 aromatic heterocycles. The summed E-state index contributed by atoms with van der Waals surface area (Å²) < 4.78 is 19.1. The molecule has 0 aliphatic carbocycles. The minimum Gasteiger partial charge on any atom is -0.332 e. The second-order valence-corrected chi connectivity index (χ2v) is 6.37. The third kappa shape index (κ3) is 3.62. The fourth-order valence-electron chi connectivity index (χ4n) is 2.83. The van der Waals surface area contributed by atoms with Crippen LogP contribution in [0.3, 0.4) is 0 Å². The summed E-state index contributed by atoms with van der Waals surface area (Å²) >= 11 is 0. The number of aryl methyl sites for hydroxylation is 1. The molecule has 0 spiro atoms. The summed E-state index contributed by atoms with van der Waals surface area (Å²) in [5, 5.41) is 9.74. The van der Waals surface area contributed by atoms with E-state index in [0.717, 1.165) is 5.56 Å². The number of aromatic nitrogens is 2. The van der Waals surface area contributed by atoms with E-state index in [9.17, 15) is 9.18 Å². The van der Waals surface area contributed by atoms with Crippen molar-refractivity contribution in [1.82, 2.24) is 15.1 Å². The van der Waals surface area contributed by atoms with Crippen LogP contribution in [-0.4, -0.2) is 26.8 Å². The average molecular weight is 364 g/mol. The lowest BCUT2D eigenvalue weighted by Crippen LogP contribution is -2.31. The molecule has 27 heavy (non-hydrogen) atoms. The van der Waals surface area contributed by atoms with E-state index in [1.54, 1.807) is 19.1 Å². The third-order valence-electron chi connectivity index (χ3n) is 4.38. The van der Waals surface area contributed by atoms with Crippen LogP contribution in [0.2, 0.25) is 0 Å². The highest BCUT2D eigenvalue weighted by molar-refractivity contribution is 6.01. The molecule has 4 rings (SSSR count). The van der Waals surface area contributed by atoms with E-state index < -0.39 is 0 Å². The van der Waals surface area contributed by atoms with Gasteiger partial charge in [0.25, 0.3) is 5.89 Å². The van der Waals surface area contributed by atoms with Gasteiger partial charge in [0.1, 0.15) is 11.5 Å². The van der Waals surface area contributed by atoms with Crippen LogP contribution in [-0.2, 0) is 11.3 Å². The molecule has 0 saturated heterocycles. The van der Waals surface area contributed by atoms with Gasteiger partial charge in [0, 0.05) is 18.4 Å². The second kappa shape index (κ2) is 7.11. The number of rotatable bonds is 4. The number of hydrogen-bond donors (Lipinski definition) is 0. The first kappa shape index (κ1) is 17.1. The van der Waals surface area contributed by atoms with Gasteiger partial charge in [0.2, 0.25) is 11.7 Å². The quantitative estimate of drug-likeness (QED) is 0.707. The smallest absolute Gasteiger partial charge is 0.274 e. The lowest BCUT2D eigenvalue weighted by molar-refractivity contribution is -0.132. The molecule has 0 fully saturated rings. The first-order valence-electron chi connectivity index (χ1n) is 8.62. The summed E-state index contributed by atoms with van der Waals surface area (Å²) in [7, 11) is 0. The molecule has 2 heterocycles. The summed E-state index contributed by atoms with van der Waals surface area (Å²) in [4.78, 5) is 16.5. The van der Waals surface area contributed by atoms with Crippen molar-refractivity contribution in [2.24, 2.45) is 5.10 Å². The molecule has 0 radical (unpaired) electrons. The first-order valence-corrected chi connectivity index (χ1v) is 8.62. The Kier molecular flexibility index (Phi) is 4.50. The van der Waals surface area contributed by atoms with Gasteiger partial charge in [-0.25, -0.2) is 9.40 Å². The molecule has 6 nitrogen and oxygen atoms in total. The monoisotopic (exact) mass is 364 g/mol. The van der Waals surface area contributed by atoms with Crippen LogP contribution in [0.1, 0.15) is 29.9 Å². The van der Waals surface area contributed by atoms with Gasteiger partial charge in [0.15, 0.2) is 0 Å². The average Bonchev–Trinajstić information content (AvgIpc) is 3.17. The van der Waals surface area contributed by atoms with E-state index in [1.165, 1.54) is 11.1 Å². The van der Waals surface area contributed by atoms with Crippen molar-refractivity contribution < 1.29 is 13.7 Å². The Morgan fingerprint density at radius 2 is 1.96 bits per heavy atom. The highest BCUT2D eigenvalue weighted by Crippen LogP contribution is 2.21. The van der Waals surface area contributed by atoms with Crippen LogP contribution in [0.4, 0.5) is 4.39 Å². The SMILES string of the molecule is Cc1ccc(-c2noc(C3=NN(Cc4ccccc4)C(=O)CC3)n2)cc1F. The highest BCUT2D eigenvalue weighted by atomic mass is 19.1. The minimum absolute atomic E-state index is 0.0528. The number of benzene rings is 2. The zero-order valence-electron chi connectivity index (χ0n) is 14.7. The van der Waals surface area contributed by atoms with Crippen molar-refractivity contribution in [3.05, 3.63) is 71.4 Å². The third-order valence-corrected chi connectivity index (χ3v) is 4.38. The lowest BCUT2D eigenvalue weighted by Gasteiger charge is -2.22. The van der Waals surface area contributed by atoms with Crippen LogP contribution >= 0.6 is 0 Å². The maximum Gasteiger partial charge on any atom is 0.274 e. The van der Waals surface area contributed by atoms with Crippen LogP contribution in [0.15, 0.2) is 58.2 Å². The van der Waals surface area contributed by atoms with Gasteiger partial charge in [-0.3, -0.25) is 4.79 Å². The van der Waals surface area contributed by atoms with E-state index >= 15 is 0 Å². The Morgan fingerprint density at radius 3 is 2.74 bits per heavy atom. The molecule has 7 heteroatoms. The molecule has 1 aliphatic heterocycles. The van der Waals surface area contributed by atoms with E-state index in [0.29, 0.717) is 36.2 Å². The van der Waals surface area contributed by atoms with Crippen LogP contribution < -0.4 is 0 Å². The zero-order valence-corrected chi connectivity index (χ0v) is 14.7. The van der Waals surface area contributed by atoms with Crippen LogP contribution in [0.5, 0.6) is 0 Å². The van der Waals surface area contributed by atoms with Crippen molar-refractivity contribution in [2.45, 2.75) is 26.3 Å². The zero-order chi connectivity index (χ0) is 18.8. The standard InChI is InChI=1S/C20H17FN4O2/c1-13-7-8-15(11-16(13)21)19-22-20(27-24-19)17-9-10-18(26)25(23-17)12-14-5-3-2-4-6-14/h2-8,11H,9-10,12H2,1H3. The number of hydrazone groups is 1. The van der Waals surface area contributed by atoms with E-state index in [2.05, 4.69) is 15.2 Å². The molecular weight excluding hydrogens is 347 g/mol. The summed E-state index contributed by atoms with van der Waals surface area (Å²) in [6, 6.07) is 14.4. The summed E-state index contributed by atoms with van der Waals surface area (Å²) in [5.41, 5.74) is 2.62. The fourth-order valence-corrected chi connectivity index (χ4v) is 2.83. The number of halogens is 1. The number of nitrogens with zero attached hydrogens (tertiary/aromatic N) is 4. The maximum atomic E-state index is 13.8. The predicted molar refractivity (Wildman–Crippen MR) is 97.2 cm³/mol. The van der Waals surface area contributed by atoms with Crippen LogP contribution in [0, 0.1) is 12.7 Å². The first-order chi connectivity index (χ1) is 13.1. The van der Waals surface area contributed by atoms with E-state index in [4.69, 9.17) is 4.52 Å². The molecule has 0 N–H and O–H groups in total. The van der Waals surface area contributed by atoms with E-state index in [-0.39, 0.29) is 23.4 Å². The highest BCUT2D eigenvalue weighted by Gasteiger charge is 2.25. The van der Waals surface area contributed by atoms with Gasteiger partial charge in [-0.1, -0.05) is 47.6 Å². The summed E-state index contributed by atoms with van der Waals surface area (Å²) in [6.07, 6.45) is 0.747. The van der Waals surface area contributed by atoms with Crippen molar-refractivity contribution in [2.75, 3.05) is 0 Å². The van der Waals surface area contributed by atoms with Gasteiger partial charge in [-0.05, 0) is 24.1 Å². The fraction of sp³-hybridized carbons (Fsp3) is 0.200. The number of amides is 1. The Balaban J connectivity index is 1.59. The minimum atomic E-state index is -0.325. The molecule has 3 aromatic rings. The number of hydrogen-bond acceptors (Lipinski definition) is 5. The van der Waals surface area contributed by atoms with E-state index in [1.807, 2.05) is 30.3 Å². The van der Waals surface area contributed by atoms with Gasteiger partial charge >= 0.3 is 0 Å². The molecule has 0 bridgehead atoms. The molecule has 2 aromatic carbocycles. The van der Waals surface area contributed by atoms with Crippen molar-refractivity contribution in [1.29, 1.82) is 0 Å². The van der Waals surface area contributed by atoms with Gasteiger partial charge in [-0.15, -0.1) is 0 Å². The van der Waals surface area contributed by atoms with Crippen molar-refractivity contribution in [3.8, 4) is 11.4 Å². The van der Waals surface area contributed by atoms with Crippen molar-refractivity contribution in [3.63, 3.8) is 0 Å². The number of carbonyl (C=O) groups excluding carboxylic acids is 1. The summed E-state index contributed by atoms with van der Waals surface area (Å²) in [6.45, 7) is 2.07. The van der Waals surface area contributed by atoms with Crippen LogP contribution in [0.25, 0.3) is 11.4 Å². The normalized spacial score (nSPS) is 14.4. The Hall–Kier alpha value is -3.35. The molecule has 1 aliphatic rings. The van der Waals surface area contributed by atoms with Gasteiger partial charge < -0.3 is 4.52 Å². The Bertz CT molecular complexity index is 1010. The maximum absolute atomic E-state index is 13.8. The number of carbonyl (C=O) groups is 1. The lowest BCUT2D eigenvalue weighted by atomic mass is 10.1. The Morgan fingerprint density at radius 1 is 1.15 bits per heavy atom. The summed E-state index contributed by atoms with van der Waals surface area (Å²) in [5.74, 6) is 0.158. The molecule has 0 saturated carbocycles. The molecule has 0 atom stereocenters. The van der Waals surface area contributed by atoms with Gasteiger partial charge in [-0.2, -0.15) is 10.1 Å². The molecular formula is C20H17FN4O2. The predicted octanol–water partition coefficient (Wildman–Crippen LogP) is 3.71. The second-order valence-electron chi connectivity index (χ2n) is 6.37.